The largest absolute Gasteiger partial charge is 0.489 e. The van der Waals surface area contributed by atoms with Crippen LogP contribution in [0.15, 0.2) is 77.7 Å². The molecule has 0 aliphatic carbocycles. The molecule has 1 heterocycles. The summed E-state index contributed by atoms with van der Waals surface area (Å²) >= 11 is 6.26. The number of amides is 1. The molecule has 4 rings (SSSR count). The maximum Gasteiger partial charge on any atom is 0.416 e. The van der Waals surface area contributed by atoms with Gasteiger partial charge in [-0.15, -0.1) is 0 Å². The van der Waals surface area contributed by atoms with Crippen molar-refractivity contribution in [3.8, 4) is 5.75 Å². The molecule has 0 radical (unpaired) electrons. The summed E-state index contributed by atoms with van der Waals surface area (Å²) in [5.41, 5.74) is 0.883. The number of halogens is 3. The zero-order valence-corrected chi connectivity index (χ0v) is 19.4. The molecule has 0 atom stereocenters. The van der Waals surface area contributed by atoms with Gasteiger partial charge in [-0.1, -0.05) is 54.3 Å². The van der Waals surface area contributed by atoms with E-state index in [1.54, 1.807) is 42.5 Å². The Balaban J connectivity index is 1.44. The fraction of sp³-hybridized carbons (Fsp3) is 0.0800. The van der Waals surface area contributed by atoms with Gasteiger partial charge in [0.1, 0.15) is 12.4 Å². The molecule has 178 valence electrons. The Hall–Kier alpha value is -3.63. The topological polar surface area (TPSA) is 66.8 Å². The highest BCUT2D eigenvalue weighted by atomic mass is 32.2. The van der Waals surface area contributed by atoms with Gasteiger partial charge in [0.05, 0.1) is 21.7 Å². The predicted molar refractivity (Wildman–Crippen MR) is 131 cm³/mol. The lowest BCUT2D eigenvalue weighted by atomic mass is 10.1. The van der Waals surface area contributed by atoms with Crippen LogP contribution >= 0.6 is 24.0 Å². The van der Waals surface area contributed by atoms with Crippen LogP contribution in [0.25, 0.3) is 6.08 Å². The third kappa shape index (κ3) is 5.72. The number of carbonyl (C=O) groups excluding carboxylic acids is 1. The highest BCUT2D eigenvalue weighted by Crippen LogP contribution is 2.38. The summed E-state index contributed by atoms with van der Waals surface area (Å²) in [5.74, 6) is -0.926. The van der Waals surface area contributed by atoms with Gasteiger partial charge in [-0.3, -0.25) is 9.69 Å². The van der Waals surface area contributed by atoms with Crippen molar-refractivity contribution in [3.63, 3.8) is 0 Å². The highest BCUT2D eigenvalue weighted by molar-refractivity contribution is 8.27. The zero-order valence-electron chi connectivity index (χ0n) is 17.8. The molecule has 1 aliphatic heterocycles. The average molecular weight is 516 g/mol. The van der Waals surface area contributed by atoms with E-state index in [-0.39, 0.29) is 22.2 Å². The normalized spacial score (nSPS) is 15.1. The Bertz CT molecular complexity index is 1320. The molecule has 0 spiro atoms. The lowest BCUT2D eigenvalue weighted by Gasteiger charge is -2.16. The number of hydrogen-bond acceptors (Lipinski definition) is 5. The number of nitrogens with zero attached hydrogens (tertiary/aromatic N) is 1. The van der Waals surface area contributed by atoms with E-state index in [1.165, 1.54) is 24.3 Å². The molecule has 1 N–H and O–H groups in total. The van der Waals surface area contributed by atoms with Crippen molar-refractivity contribution in [1.82, 2.24) is 0 Å². The maximum atomic E-state index is 13.1. The quantitative estimate of drug-likeness (QED) is 0.303. The summed E-state index contributed by atoms with van der Waals surface area (Å²) in [6.07, 6.45) is -2.92. The lowest BCUT2D eigenvalue weighted by Crippen LogP contribution is -2.27. The SMILES string of the molecule is O=C(O)c1ccc(COc2ccc(/C=C3\SC(=S)N(c4cccc(C(F)(F)F)c4)C3=O)cc2)cc1. The summed E-state index contributed by atoms with van der Waals surface area (Å²) in [6, 6.07) is 17.7. The number of carbonyl (C=O) groups is 2. The molecule has 10 heteroatoms. The summed E-state index contributed by atoms with van der Waals surface area (Å²) in [6.45, 7) is 0.245. The van der Waals surface area contributed by atoms with Crippen molar-refractivity contribution in [1.29, 1.82) is 0 Å². The first-order valence-corrected chi connectivity index (χ1v) is 11.3. The number of ether oxygens (including phenoxy) is 1. The second-order valence-electron chi connectivity index (χ2n) is 7.42. The Morgan fingerprint density at radius 2 is 1.74 bits per heavy atom. The Kier molecular flexibility index (Phi) is 6.95. The summed E-state index contributed by atoms with van der Waals surface area (Å²) in [5, 5.41) is 8.95. The second-order valence-corrected chi connectivity index (χ2v) is 9.10. The molecule has 0 unspecified atom stereocenters. The number of benzene rings is 3. The Morgan fingerprint density at radius 1 is 1.06 bits per heavy atom. The Labute approximate surface area is 207 Å². The highest BCUT2D eigenvalue weighted by Gasteiger charge is 2.36. The molecule has 0 aromatic heterocycles. The van der Waals surface area contributed by atoms with Crippen LogP contribution < -0.4 is 9.64 Å². The molecule has 3 aromatic carbocycles. The molecule has 3 aromatic rings. The van der Waals surface area contributed by atoms with Gasteiger partial charge in [-0.2, -0.15) is 13.2 Å². The molecule has 0 bridgehead atoms. The van der Waals surface area contributed by atoms with Gasteiger partial charge in [0.2, 0.25) is 0 Å². The minimum absolute atomic E-state index is 0.0610. The van der Waals surface area contributed by atoms with Crippen molar-refractivity contribution in [2.75, 3.05) is 4.90 Å². The number of anilines is 1. The summed E-state index contributed by atoms with van der Waals surface area (Å²) < 4.78 is 45.0. The summed E-state index contributed by atoms with van der Waals surface area (Å²) in [4.78, 5) is 25.2. The van der Waals surface area contributed by atoms with Gasteiger partial charge in [0.25, 0.3) is 5.91 Å². The smallest absolute Gasteiger partial charge is 0.416 e. The van der Waals surface area contributed by atoms with Crippen molar-refractivity contribution < 1.29 is 32.6 Å². The van der Waals surface area contributed by atoms with Crippen molar-refractivity contribution in [3.05, 3.63) is 100.0 Å². The van der Waals surface area contributed by atoms with E-state index in [0.29, 0.717) is 16.2 Å². The van der Waals surface area contributed by atoms with Gasteiger partial charge in [0.15, 0.2) is 4.32 Å². The molecular formula is C25H16F3NO4S2. The number of thiocarbonyl (C=S) groups is 1. The van der Waals surface area contributed by atoms with Gasteiger partial charge in [0, 0.05) is 0 Å². The van der Waals surface area contributed by atoms with Gasteiger partial charge in [-0.05, 0) is 59.7 Å². The van der Waals surface area contributed by atoms with Crippen LogP contribution in [0.4, 0.5) is 18.9 Å². The van der Waals surface area contributed by atoms with E-state index in [2.05, 4.69) is 0 Å². The van der Waals surface area contributed by atoms with E-state index in [4.69, 9.17) is 22.1 Å². The number of hydrogen-bond donors (Lipinski definition) is 1. The fourth-order valence-electron chi connectivity index (χ4n) is 3.23. The van der Waals surface area contributed by atoms with Crippen molar-refractivity contribution in [2.45, 2.75) is 12.8 Å². The standard InChI is InChI=1S/C25H16F3NO4S2/c26-25(27,28)18-2-1-3-19(13-18)29-22(30)21(35-24(29)34)12-15-6-10-20(11-7-15)33-14-16-4-8-17(9-5-16)23(31)32/h1-13H,14H2,(H,31,32)/b21-12-. The van der Waals surface area contributed by atoms with E-state index in [1.807, 2.05) is 0 Å². The Morgan fingerprint density at radius 3 is 2.37 bits per heavy atom. The molecule has 0 saturated carbocycles. The molecule has 5 nitrogen and oxygen atoms in total. The van der Waals surface area contributed by atoms with Crippen LogP contribution in [-0.2, 0) is 17.6 Å². The number of carboxylic acids is 1. The van der Waals surface area contributed by atoms with Crippen LogP contribution in [0.1, 0.15) is 27.0 Å². The first kappa shape index (κ1) is 24.5. The third-order valence-electron chi connectivity index (χ3n) is 5.01. The van der Waals surface area contributed by atoms with Crippen molar-refractivity contribution >= 4 is 51.9 Å². The van der Waals surface area contributed by atoms with Gasteiger partial charge < -0.3 is 9.84 Å². The predicted octanol–water partition coefficient (Wildman–Crippen LogP) is 6.39. The molecule has 1 aliphatic rings. The molecule has 35 heavy (non-hydrogen) atoms. The van der Waals surface area contributed by atoms with E-state index >= 15 is 0 Å². The minimum atomic E-state index is -4.53. The molecule has 1 saturated heterocycles. The van der Waals surface area contributed by atoms with Gasteiger partial charge in [-0.25, -0.2) is 4.79 Å². The summed E-state index contributed by atoms with van der Waals surface area (Å²) in [7, 11) is 0. The molecule has 1 amide bonds. The van der Waals surface area contributed by atoms with Crippen LogP contribution in [0.3, 0.4) is 0 Å². The lowest BCUT2D eigenvalue weighted by molar-refractivity contribution is -0.137. The van der Waals surface area contributed by atoms with E-state index in [0.717, 1.165) is 34.4 Å². The van der Waals surface area contributed by atoms with Crippen molar-refractivity contribution in [2.24, 2.45) is 0 Å². The first-order valence-electron chi connectivity index (χ1n) is 10.1. The number of rotatable bonds is 6. The zero-order chi connectivity index (χ0) is 25.2. The van der Waals surface area contributed by atoms with Crippen LogP contribution in [0.2, 0.25) is 0 Å². The number of thioether (sulfide) groups is 1. The van der Waals surface area contributed by atoms with Crippen LogP contribution in [0.5, 0.6) is 5.75 Å². The fourth-order valence-corrected chi connectivity index (χ4v) is 4.53. The molecule has 1 fully saturated rings. The maximum absolute atomic E-state index is 13.1. The van der Waals surface area contributed by atoms with E-state index < -0.39 is 23.6 Å². The first-order chi connectivity index (χ1) is 16.6. The minimum Gasteiger partial charge on any atom is -0.489 e. The second kappa shape index (κ2) is 9.93. The van der Waals surface area contributed by atoms with Gasteiger partial charge >= 0.3 is 12.1 Å². The number of carboxylic acid groups (broad SMARTS) is 1. The van der Waals surface area contributed by atoms with Crippen LogP contribution in [0, 0.1) is 0 Å². The number of alkyl halides is 3. The third-order valence-corrected chi connectivity index (χ3v) is 6.31. The van der Waals surface area contributed by atoms with E-state index in [9.17, 15) is 22.8 Å². The monoisotopic (exact) mass is 515 g/mol. The average Bonchev–Trinajstić information content (AvgIpc) is 3.11. The number of aromatic carboxylic acids is 1. The van der Waals surface area contributed by atoms with Crippen LogP contribution in [-0.4, -0.2) is 21.3 Å². The molecular weight excluding hydrogens is 499 g/mol.